The van der Waals surface area contributed by atoms with Crippen LogP contribution >= 0.6 is 0 Å². The number of nitrogens with zero attached hydrogens (tertiary/aromatic N) is 3. The molecule has 0 radical (unpaired) electrons. The Labute approximate surface area is 138 Å². The fourth-order valence-electron chi connectivity index (χ4n) is 2.76. The third-order valence-corrected chi connectivity index (χ3v) is 4.07. The van der Waals surface area contributed by atoms with Crippen molar-refractivity contribution in [1.29, 1.82) is 0 Å². The van der Waals surface area contributed by atoms with E-state index in [9.17, 15) is 13.2 Å². The zero-order valence-electron chi connectivity index (χ0n) is 13.3. The van der Waals surface area contributed by atoms with E-state index in [1.54, 1.807) is 0 Å². The van der Waals surface area contributed by atoms with Gasteiger partial charge in [0.25, 0.3) is 0 Å². The lowest BCUT2D eigenvalue weighted by molar-refractivity contribution is -0.137. The van der Waals surface area contributed by atoms with E-state index in [4.69, 9.17) is 0 Å². The molecule has 126 valence electrons. The summed E-state index contributed by atoms with van der Waals surface area (Å²) in [6, 6.07) is 8.45. The quantitative estimate of drug-likeness (QED) is 0.811. The molecule has 0 atom stereocenters. The van der Waals surface area contributed by atoms with Crippen LogP contribution in [-0.2, 0) is 6.18 Å². The summed E-state index contributed by atoms with van der Waals surface area (Å²) < 4.78 is 37.7. The number of piperidine rings is 1. The van der Waals surface area contributed by atoms with Crippen LogP contribution in [0.25, 0.3) is 6.08 Å². The summed E-state index contributed by atoms with van der Waals surface area (Å²) in [5.74, 6) is 0.593. The first kappa shape index (κ1) is 16.5. The van der Waals surface area contributed by atoms with Crippen molar-refractivity contribution in [3.05, 3.63) is 59.1 Å². The molecule has 1 aliphatic heterocycles. The van der Waals surface area contributed by atoms with Crippen LogP contribution in [0.1, 0.15) is 29.8 Å². The van der Waals surface area contributed by atoms with Crippen molar-refractivity contribution in [1.82, 2.24) is 9.97 Å². The number of pyridine rings is 2. The van der Waals surface area contributed by atoms with Crippen LogP contribution in [-0.4, -0.2) is 23.1 Å². The Balaban J connectivity index is 1.65. The molecule has 2 aromatic rings. The maximum atomic E-state index is 12.6. The van der Waals surface area contributed by atoms with Gasteiger partial charge in [0.2, 0.25) is 0 Å². The molecule has 0 aromatic carbocycles. The Morgan fingerprint density at radius 3 is 2.42 bits per heavy atom. The topological polar surface area (TPSA) is 29.0 Å². The first-order chi connectivity index (χ1) is 11.4. The van der Waals surface area contributed by atoms with Crippen LogP contribution < -0.4 is 4.90 Å². The van der Waals surface area contributed by atoms with Gasteiger partial charge in [-0.05, 0) is 50.1 Å². The Kier molecular flexibility index (Phi) is 4.55. The second-order valence-electron chi connectivity index (χ2n) is 5.90. The molecule has 6 heteroatoms. The third kappa shape index (κ3) is 3.93. The number of hydrogen-bond acceptors (Lipinski definition) is 3. The standard InChI is InChI=1S/C18H18F3N3/c1-13-3-2-4-16(23-13)11-14-7-9-24(10-8-14)17-6-5-15(12-22-17)18(19,20)21/h2-6,11-12H,7-10H2,1H3. The maximum absolute atomic E-state index is 12.6. The zero-order chi connectivity index (χ0) is 17.2. The van der Waals surface area contributed by atoms with Crippen LogP contribution in [0.15, 0.2) is 42.1 Å². The second kappa shape index (κ2) is 6.63. The molecule has 0 unspecified atom stereocenters. The molecule has 24 heavy (non-hydrogen) atoms. The summed E-state index contributed by atoms with van der Waals surface area (Å²) in [7, 11) is 0. The molecule has 0 bridgehead atoms. The number of halogens is 3. The average molecular weight is 333 g/mol. The maximum Gasteiger partial charge on any atom is 0.417 e. The Bertz CT molecular complexity index is 726. The lowest BCUT2D eigenvalue weighted by Gasteiger charge is -2.29. The van der Waals surface area contributed by atoms with E-state index in [0.717, 1.165) is 49.6 Å². The third-order valence-electron chi connectivity index (χ3n) is 4.07. The van der Waals surface area contributed by atoms with Crippen LogP contribution in [0.5, 0.6) is 0 Å². The van der Waals surface area contributed by atoms with Crippen LogP contribution in [0, 0.1) is 6.92 Å². The number of anilines is 1. The number of hydrogen-bond donors (Lipinski definition) is 0. The number of aromatic nitrogens is 2. The van der Waals surface area contributed by atoms with E-state index in [2.05, 4.69) is 16.0 Å². The lowest BCUT2D eigenvalue weighted by Crippen LogP contribution is -2.31. The van der Waals surface area contributed by atoms with Gasteiger partial charge in [-0.25, -0.2) is 4.98 Å². The summed E-state index contributed by atoms with van der Waals surface area (Å²) in [5.41, 5.74) is 2.52. The molecule has 0 saturated carbocycles. The highest BCUT2D eigenvalue weighted by Gasteiger charge is 2.31. The van der Waals surface area contributed by atoms with Crippen LogP contribution in [0.2, 0.25) is 0 Å². The molecular weight excluding hydrogens is 315 g/mol. The van der Waals surface area contributed by atoms with Gasteiger partial charge < -0.3 is 4.90 Å². The summed E-state index contributed by atoms with van der Waals surface area (Å²) in [4.78, 5) is 10.4. The molecule has 0 aliphatic carbocycles. The van der Waals surface area contributed by atoms with E-state index in [1.165, 1.54) is 11.6 Å². The second-order valence-corrected chi connectivity index (χ2v) is 5.90. The van der Waals surface area contributed by atoms with Gasteiger partial charge in [-0.2, -0.15) is 13.2 Å². The SMILES string of the molecule is Cc1cccc(C=C2CCN(c3ccc(C(F)(F)F)cn3)CC2)n1. The molecule has 0 spiro atoms. The normalized spacial score (nSPS) is 15.5. The molecule has 0 N–H and O–H groups in total. The van der Waals surface area contributed by atoms with Crippen LogP contribution in [0.4, 0.5) is 19.0 Å². The minimum atomic E-state index is -4.34. The zero-order valence-corrected chi connectivity index (χ0v) is 13.3. The predicted molar refractivity (Wildman–Crippen MR) is 87.6 cm³/mol. The van der Waals surface area contributed by atoms with Crippen LogP contribution in [0.3, 0.4) is 0 Å². The van der Waals surface area contributed by atoms with Crippen molar-refractivity contribution in [2.75, 3.05) is 18.0 Å². The highest BCUT2D eigenvalue weighted by atomic mass is 19.4. The van der Waals surface area contributed by atoms with E-state index >= 15 is 0 Å². The summed E-state index contributed by atoms with van der Waals surface area (Å²) in [5, 5.41) is 0. The lowest BCUT2D eigenvalue weighted by atomic mass is 10.0. The molecule has 3 rings (SSSR count). The molecule has 3 nitrogen and oxygen atoms in total. The van der Waals surface area contributed by atoms with Gasteiger partial charge in [0.15, 0.2) is 0 Å². The first-order valence-corrected chi connectivity index (χ1v) is 7.83. The van der Waals surface area contributed by atoms with Gasteiger partial charge in [0.1, 0.15) is 5.82 Å². The van der Waals surface area contributed by atoms with E-state index in [-0.39, 0.29) is 0 Å². The van der Waals surface area contributed by atoms with E-state index < -0.39 is 11.7 Å². The van der Waals surface area contributed by atoms with Gasteiger partial charge >= 0.3 is 6.18 Å². The number of rotatable bonds is 2. The van der Waals surface area contributed by atoms with Gasteiger partial charge in [0, 0.05) is 25.0 Å². The van der Waals surface area contributed by atoms with Gasteiger partial charge in [0.05, 0.1) is 11.3 Å². The van der Waals surface area contributed by atoms with Crippen molar-refractivity contribution in [3.63, 3.8) is 0 Å². The molecule has 3 heterocycles. The fourth-order valence-corrected chi connectivity index (χ4v) is 2.76. The largest absolute Gasteiger partial charge is 0.417 e. The molecular formula is C18H18F3N3. The molecule has 1 aliphatic rings. The minimum absolute atomic E-state index is 0.593. The number of aryl methyl sites for hydroxylation is 1. The molecule has 0 amide bonds. The molecule has 2 aromatic heterocycles. The highest BCUT2D eigenvalue weighted by molar-refractivity contribution is 5.51. The Morgan fingerprint density at radius 2 is 1.83 bits per heavy atom. The van der Waals surface area contributed by atoms with Crippen molar-refractivity contribution in [2.45, 2.75) is 25.9 Å². The first-order valence-electron chi connectivity index (χ1n) is 7.83. The monoisotopic (exact) mass is 333 g/mol. The minimum Gasteiger partial charge on any atom is -0.356 e. The van der Waals surface area contributed by atoms with Crippen molar-refractivity contribution < 1.29 is 13.2 Å². The fraction of sp³-hybridized carbons (Fsp3) is 0.333. The highest BCUT2D eigenvalue weighted by Crippen LogP contribution is 2.30. The van der Waals surface area contributed by atoms with Gasteiger partial charge in [-0.3, -0.25) is 4.98 Å². The smallest absolute Gasteiger partial charge is 0.356 e. The van der Waals surface area contributed by atoms with Gasteiger partial charge in [-0.15, -0.1) is 0 Å². The van der Waals surface area contributed by atoms with E-state index in [1.807, 2.05) is 30.0 Å². The van der Waals surface area contributed by atoms with Crippen molar-refractivity contribution in [3.8, 4) is 0 Å². The average Bonchev–Trinajstić information content (AvgIpc) is 2.55. The van der Waals surface area contributed by atoms with Crippen molar-refractivity contribution in [2.24, 2.45) is 0 Å². The van der Waals surface area contributed by atoms with E-state index in [0.29, 0.717) is 5.82 Å². The Morgan fingerprint density at radius 1 is 1.08 bits per heavy atom. The molecule has 1 saturated heterocycles. The molecule has 1 fully saturated rings. The summed E-state index contributed by atoms with van der Waals surface area (Å²) in [6.07, 6.45) is 0.378. The predicted octanol–water partition coefficient (Wildman–Crippen LogP) is 4.49. The van der Waals surface area contributed by atoms with Gasteiger partial charge in [-0.1, -0.05) is 11.6 Å². The summed E-state index contributed by atoms with van der Waals surface area (Å²) >= 11 is 0. The van der Waals surface area contributed by atoms with Crippen molar-refractivity contribution >= 4 is 11.9 Å². The summed E-state index contributed by atoms with van der Waals surface area (Å²) in [6.45, 7) is 3.45. The Hall–Kier alpha value is -2.37. The number of alkyl halides is 3.